The van der Waals surface area contributed by atoms with Crippen LogP contribution in [0.4, 0.5) is 11.4 Å². The molecule has 88 valence electrons. The van der Waals surface area contributed by atoms with Crippen LogP contribution in [0.1, 0.15) is 13.8 Å². The molecule has 3 N–H and O–H groups in total. The molecule has 16 heavy (non-hydrogen) atoms. The molecule has 0 amide bonds. The number of nitro benzene ring substituents is 1. The Hall–Kier alpha value is -1.62. The van der Waals surface area contributed by atoms with Gasteiger partial charge in [-0.25, -0.2) is 0 Å². The van der Waals surface area contributed by atoms with E-state index in [4.69, 9.17) is 5.73 Å². The van der Waals surface area contributed by atoms with E-state index < -0.39 is 4.92 Å². The quantitative estimate of drug-likeness (QED) is 0.590. The van der Waals surface area contributed by atoms with Crippen molar-refractivity contribution in [1.82, 2.24) is 0 Å². The highest BCUT2D eigenvalue weighted by molar-refractivity contribution is 5.61. The molecule has 0 heterocycles. The highest BCUT2D eigenvalue weighted by Crippen LogP contribution is 2.24. The molecular weight excluding hydrogens is 206 g/mol. The van der Waals surface area contributed by atoms with Gasteiger partial charge in [-0.2, -0.15) is 0 Å². The van der Waals surface area contributed by atoms with Gasteiger partial charge in [0.15, 0.2) is 0 Å². The maximum atomic E-state index is 10.8. The summed E-state index contributed by atoms with van der Waals surface area (Å²) >= 11 is 0. The number of nitrogens with two attached hydrogens (primary N) is 1. The molecule has 0 saturated heterocycles. The second-order valence-electron chi connectivity index (χ2n) is 4.00. The number of nitro groups is 1. The summed E-state index contributed by atoms with van der Waals surface area (Å²) in [5.74, 6) is 0.324. The molecule has 0 fully saturated rings. The molecule has 1 aromatic carbocycles. The Kier molecular flexibility index (Phi) is 4.25. The number of hydrogen-bond donors (Lipinski definition) is 2. The van der Waals surface area contributed by atoms with Gasteiger partial charge in [-0.3, -0.25) is 10.1 Å². The molecule has 0 aliphatic heterocycles. The zero-order chi connectivity index (χ0) is 12.1. The van der Waals surface area contributed by atoms with Crippen LogP contribution in [0.5, 0.6) is 0 Å². The normalized spacial score (nSPS) is 12.5. The lowest BCUT2D eigenvalue weighted by Crippen LogP contribution is -2.33. The topological polar surface area (TPSA) is 81.2 Å². The lowest BCUT2D eigenvalue weighted by atomic mass is 10.0. The first-order valence-electron chi connectivity index (χ1n) is 5.26. The van der Waals surface area contributed by atoms with Crippen molar-refractivity contribution in [2.75, 3.05) is 11.9 Å². The van der Waals surface area contributed by atoms with E-state index in [1.807, 2.05) is 13.8 Å². The summed E-state index contributed by atoms with van der Waals surface area (Å²) in [7, 11) is 0. The van der Waals surface area contributed by atoms with E-state index in [1.165, 1.54) is 6.07 Å². The number of nitrogens with zero attached hydrogens (tertiary/aromatic N) is 1. The summed E-state index contributed by atoms with van der Waals surface area (Å²) in [6, 6.07) is 6.64. The highest BCUT2D eigenvalue weighted by atomic mass is 16.6. The molecule has 0 spiro atoms. The number of rotatable bonds is 5. The zero-order valence-corrected chi connectivity index (χ0v) is 9.51. The molecule has 0 radical (unpaired) electrons. The van der Waals surface area contributed by atoms with E-state index in [0.717, 1.165) is 0 Å². The van der Waals surface area contributed by atoms with Gasteiger partial charge in [0, 0.05) is 18.7 Å². The second-order valence-corrected chi connectivity index (χ2v) is 4.00. The molecule has 1 aromatic rings. The third kappa shape index (κ3) is 2.93. The summed E-state index contributed by atoms with van der Waals surface area (Å²) < 4.78 is 0. The number of benzene rings is 1. The van der Waals surface area contributed by atoms with E-state index >= 15 is 0 Å². The Morgan fingerprint density at radius 3 is 2.56 bits per heavy atom. The van der Waals surface area contributed by atoms with E-state index in [0.29, 0.717) is 18.2 Å². The van der Waals surface area contributed by atoms with Crippen LogP contribution in [0.2, 0.25) is 0 Å². The van der Waals surface area contributed by atoms with Gasteiger partial charge in [0.2, 0.25) is 0 Å². The first kappa shape index (κ1) is 12.4. The van der Waals surface area contributed by atoms with Crippen LogP contribution < -0.4 is 11.1 Å². The second kappa shape index (κ2) is 5.46. The molecule has 0 saturated carbocycles. The van der Waals surface area contributed by atoms with Crippen LogP contribution in [0.3, 0.4) is 0 Å². The SMILES string of the molecule is CC(C)C(CN)Nc1ccccc1[N+](=O)[O-]. The highest BCUT2D eigenvalue weighted by Gasteiger charge is 2.17. The van der Waals surface area contributed by atoms with Crippen LogP contribution in [-0.4, -0.2) is 17.5 Å². The minimum atomic E-state index is -0.393. The van der Waals surface area contributed by atoms with Gasteiger partial charge in [-0.05, 0) is 12.0 Å². The molecular formula is C11H17N3O2. The van der Waals surface area contributed by atoms with Gasteiger partial charge in [0.25, 0.3) is 5.69 Å². The monoisotopic (exact) mass is 223 g/mol. The van der Waals surface area contributed by atoms with Crippen molar-refractivity contribution in [3.63, 3.8) is 0 Å². The first-order valence-corrected chi connectivity index (χ1v) is 5.26. The summed E-state index contributed by atoms with van der Waals surface area (Å²) in [6.45, 7) is 4.50. The molecule has 0 aliphatic rings. The van der Waals surface area contributed by atoms with E-state index in [-0.39, 0.29) is 11.7 Å². The molecule has 5 heteroatoms. The molecule has 0 aromatic heterocycles. The van der Waals surface area contributed by atoms with E-state index in [9.17, 15) is 10.1 Å². The van der Waals surface area contributed by atoms with Crippen LogP contribution in [0.15, 0.2) is 24.3 Å². The maximum Gasteiger partial charge on any atom is 0.292 e. The predicted octanol–water partition coefficient (Wildman–Crippen LogP) is 1.99. The molecule has 5 nitrogen and oxygen atoms in total. The summed E-state index contributed by atoms with van der Waals surface area (Å²) in [5.41, 5.74) is 6.22. The summed E-state index contributed by atoms with van der Waals surface area (Å²) in [5, 5.41) is 13.9. The fourth-order valence-electron chi connectivity index (χ4n) is 1.45. The standard InChI is InChI=1S/C11H17N3O2/c1-8(2)10(7-12)13-9-5-3-4-6-11(9)14(15)16/h3-6,8,10,13H,7,12H2,1-2H3. The van der Waals surface area contributed by atoms with E-state index in [2.05, 4.69) is 5.32 Å². The number of para-hydroxylation sites is 2. The Labute approximate surface area is 94.8 Å². The van der Waals surface area contributed by atoms with Crippen molar-refractivity contribution < 1.29 is 4.92 Å². The van der Waals surface area contributed by atoms with Crippen molar-refractivity contribution in [3.8, 4) is 0 Å². The number of hydrogen-bond acceptors (Lipinski definition) is 4. The smallest absolute Gasteiger partial charge is 0.292 e. The van der Waals surface area contributed by atoms with E-state index in [1.54, 1.807) is 18.2 Å². The lowest BCUT2D eigenvalue weighted by Gasteiger charge is -2.21. The van der Waals surface area contributed by atoms with Crippen LogP contribution in [0, 0.1) is 16.0 Å². The average Bonchev–Trinajstić information content (AvgIpc) is 2.25. The van der Waals surface area contributed by atoms with Crippen molar-refractivity contribution in [2.45, 2.75) is 19.9 Å². The molecule has 0 bridgehead atoms. The van der Waals surface area contributed by atoms with Gasteiger partial charge in [-0.1, -0.05) is 26.0 Å². The van der Waals surface area contributed by atoms with Crippen molar-refractivity contribution in [1.29, 1.82) is 0 Å². The lowest BCUT2D eigenvalue weighted by molar-refractivity contribution is -0.384. The van der Waals surface area contributed by atoms with Gasteiger partial charge in [0.05, 0.1) is 4.92 Å². The molecule has 0 aliphatic carbocycles. The average molecular weight is 223 g/mol. The first-order chi connectivity index (χ1) is 7.56. The number of nitrogens with one attached hydrogen (secondary N) is 1. The minimum Gasteiger partial charge on any atom is -0.375 e. The third-order valence-corrected chi connectivity index (χ3v) is 2.50. The Balaban J connectivity index is 2.91. The fraction of sp³-hybridized carbons (Fsp3) is 0.455. The van der Waals surface area contributed by atoms with Gasteiger partial charge in [-0.15, -0.1) is 0 Å². The fourth-order valence-corrected chi connectivity index (χ4v) is 1.45. The van der Waals surface area contributed by atoms with Gasteiger partial charge >= 0.3 is 0 Å². The largest absolute Gasteiger partial charge is 0.375 e. The predicted molar refractivity (Wildman–Crippen MR) is 64.4 cm³/mol. The maximum absolute atomic E-state index is 10.8. The minimum absolute atomic E-state index is 0.0427. The van der Waals surface area contributed by atoms with Gasteiger partial charge < -0.3 is 11.1 Å². The van der Waals surface area contributed by atoms with Crippen molar-refractivity contribution in [2.24, 2.45) is 11.7 Å². The summed E-state index contributed by atoms with van der Waals surface area (Å²) in [6.07, 6.45) is 0. The van der Waals surface area contributed by atoms with Gasteiger partial charge in [0.1, 0.15) is 5.69 Å². The van der Waals surface area contributed by atoms with Crippen molar-refractivity contribution >= 4 is 11.4 Å². The Bertz CT molecular complexity index is 366. The zero-order valence-electron chi connectivity index (χ0n) is 9.51. The summed E-state index contributed by atoms with van der Waals surface area (Å²) in [4.78, 5) is 10.4. The van der Waals surface area contributed by atoms with Crippen molar-refractivity contribution in [3.05, 3.63) is 34.4 Å². The molecule has 1 unspecified atom stereocenters. The van der Waals surface area contributed by atoms with Crippen LogP contribution in [-0.2, 0) is 0 Å². The Morgan fingerprint density at radius 2 is 2.06 bits per heavy atom. The Morgan fingerprint density at radius 1 is 1.44 bits per heavy atom. The van der Waals surface area contributed by atoms with Crippen LogP contribution in [0.25, 0.3) is 0 Å². The van der Waals surface area contributed by atoms with Crippen LogP contribution >= 0.6 is 0 Å². The molecule has 1 rings (SSSR count). The molecule has 1 atom stereocenters. The number of anilines is 1. The third-order valence-electron chi connectivity index (χ3n) is 2.50.